The van der Waals surface area contributed by atoms with Crippen molar-refractivity contribution in [3.8, 4) is 0 Å². The second-order valence-corrected chi connectivity index (χ2v) is 11.1. The Balaban J connectivity index is 1.48. The third-order valence-corrected chi connectivity index (χ3v) is 8.77. The number of hydrogen-bond acceptors (Lipinski definition) is 8. The van der Waals surface area contributed by atoms with E-state index in [1.165, 1.54) is 22.2 Å². The second-order valence-electron chi connectivity index (χ2n) is 8.34. The number of thioether (sulfide) groups is 2. The zero-order chi connectivity index (χ0) is 23.2. The van der Waals surface area contributed by atoms with Gasteiger partial charge in [-0.3, -0.25) is 4.79 Å². The Hall–Kier alpha value is -2.14. The van der Waals surface area contributed by atoms with Gasteiger partial charge in [0.15, 0.2) is 16.0 Å². The van der Waals surface area contributed by atoms with Crippen molar-refractivity contribution in [2.75, 3.05) is 17.3 Å². The summed E-state index contributed by atoms with van der Waals surface area (Å²) in [4.78, 5) is 19.7. The van der Waals surface area contributed by atoms with E-state index >= 15 is 0 Å². The molecule has 3 aromatic heterocycles. The highest BCUT2D eigenvalue weighted by Gasteiger charge is 2.33. The maximum absolute atomic E-state index is 12.6. The van der Waals surface area contributed by atoms with Gasteiger partial charge in [-0.1, -0.05) is 48.6 Å². The summed E-state index contributed by atoms with van der Waals surface area (Å²) in [5.74, 6) is 0.166. The van der Waals surface area contributed by atoms with Crippen molar-refractivity contribution in [2.24, 2.45) is 0 Å². The van der Waals surface area contributed by atoms with Crippen LogP contribution >= 0.6 is 34.9 Å². The highest BCUT2D eigenvalue weighted by molar-refractivity contribution is 8.00. The number of thiophene rings is 1. The molecule has 0 aliphatic carbocycles. The van der Waals surface area contributed by atoms with Crippen LogP contribution in [0.1, 0.15) is 36.3 Å². The number of rotatable bonds is 6. The van der Waals surface area contributed by atoms with Crippen LogP contribution in [0, 0.1) is 6.92 Å². The van der Waals surface area contributed by atoms with Crippen LogP contribution in [0.25, 0.3) is 15.9 Å². The number of benzene rings is 1. The number of nitrogens with zero attached hydrogens (tertiary/aromatic N) is 4. The standard InChI is InChI=1S/C23H25N5O2S3/c1-5-23(3)10-14-16(11-30-23)33-20-18(14)19-26-27-22(28(19)21(25-20)31-4)32-12-17(29)24-15-9-7-6-8-13(15)2/h6-9H,5,10-12H2,1-4H3,(H,24,29)/t23-/m1/s1. The van der Waals surface area contributed by atoms with E-state index in [1.807, 2.05) is 41.8 Å². The van der Waals surface area contributed by atoms with Crippen molar-refractivity contribution < 1.29 is 9.53 Å². The van der Waals surface area contributed by atoms with E-state index in [0.29, 0.717) is 11.8 Å². The summed E-state index contributed by atoms with van der Waals surface area (Å²) in [5, 5.41) is 14.6. The summed E-state index contributed by atoms with van der Waals surface area (Å²) in [6, 6.07) is 7.76. The predicted molar refractivity (Wildman–Crippen MR) is 136 cm³/mol. The van der Waals surface area contributed by atoms with Gasteiger partial charge < -0.3 is 10.1 Å². The van der Waals surface area contributed by atoms with Gasteiger partial charge >= 0.3 is 0 Å². The number of amides is 1. The van der Waals surface area contributed by atoms with Gasteiger partial charge in [-0.25, -0.2) is 9.38 Å². The van der Waals surface area contributed by atoms with Gasteiger partial charge in [0, 0.05) is 17.0 Å². The van der Waals surface area contributed by atoms with Gasteiger partial charge in [-0.05, 0) is 43.7 Å². The van der Waals surface area contributed by atoms with Crippen molar-refractivity contribution in [3.63, 3.8) is 0 Å². The smallest absolute Gasteiger partial charge is 0.234 e. The maximum atomic E-state index is 12.6. The highest BCUT2D eigenvalue weighted by atomic mass is 32.2. The third kappa shape index (κ3) is 4.14. The number of nitrogens with one attached hydrogen (secondary N) is 1. The van der Waals surface area contributed by atoms with E-state index in [-0.39, 0.29) is 17.3 Å². The topological polar surface area (TPSA) is 81.4 Å². The molecule has 10 heteroatoms. The molecule has 0 saturated carbocycles. The average molecular weight is 500 g/mol. The lowest BCUT2D eigenvalue weighted by Gasteiger charge is -2.32. The molecule has 0 bridgehead atoms. The molecule has 1 atom stereocenters. The molecule has 7 nitrogen and oxygen atoms in total. The summed E-state index contributed by atoms with van der Waals surface area (Å²) in [7, 11) is 0. The van der Waals surface area contributed by atoms with Crippen molar-refractivity contribution >= 4 is 62.3 Å². The number of carbonyl (C=O) groups excluding carboxylic acids is 1. The van der Waals surface area contributed by atoms with E-state index in [1.54, 1.807) is 23.1 Å². The first-order chi connectivity index (χ1) is 15.9. The van der Waals surface area contributed by atoms with Gasteiger partial charge in [0.1, 0.15) is 4.83 Å². The predicted octanol–water partition coefficient (Wildman–Crippen LogP) is 5.34. The Bertz CT molecular complexity index is 1370. The Labute approximate surface area is 204 Å². The van der Waals surface area contributed by atoms with Crippen LogP contribution in [0.15, 0.2) is 34.6 Å². The molecule has 0 spiro atoms. The Morgan fingerprint density at radius 2 is 2.12 bits per heavy atom. The first kappa shape index (κ1) is 22.6. The van der Waals surface area contributed by atoms with E-state index < -0.39 is 0 Å². The molecule has 33 heavy (non-hydrogen) atoms. The zero-order valence-electron chi connectivity index (χ0n) is 19.0. The average Bonchev–Trinajstić information content (AvgIpc) is 3.39. The van der Waals surface area contributed by atoms with E-state index in [0.717, 1.165) is 45.1 Å². The van der Waals surface area contributed by atoms with Gasteiger partial charge in [0.25, 0.3) is 0 Å². The molecule has 0 radical (unpaired) electrons. The van der Waals surface area contributed by atoms with Crippen LogP contribution in [0.3, 0.4) is 0 Å². The monoisotopic (exact) mass is 499 g/mol. The van der Waals surface area contributed by atoms with Crippen molar-refractivity contribution in [3.05, 3.63) is 40.3 Å². The number of hydrogen-bond donors (Lipinski definition) is 1. The van der Waals surface area contributed by atoms with Crippen LogP contribution in [0.5, 0.6) is 0 Å². The zero-order valence-corrected chi connectivity index (χ0v) is 21.4. The van der Waals surface area contributed by atoms with Crippen LogP contribution in [-0.4, -0.2) is 43.1 Å². The number of aromatic nitrogens is 4. The first-order valence-corrected chi connectivity index (χ1v) is 13.8. The van der Waals surface area contributed by atoms with Crippen molar-refractivity contribution in [1.82, 2.24) is 19.6 Å². The molecule has 1 aromatic carbocycles. The number of fused-ring (bicyclic) bond motifs is 5. The minimum Gasteiger partial charge on any atom is -0.369 e. The van der Waals surface area contributed by atoms with E-state index in [4.69, 9.17) is 9.72 Å². The Kier molecular flexibility index (Phi) is 6.11. The fraction of sp³-hybridized carbons (Fsp3) is 0.391. The molecule has 172 valence electrons. The molecular weight excluding hydrogens is 474 g/mol. The minimum atomic E-state index is -0.179. The van der Waals surface area contributed by atoms with Gasteiger partial charge in [-0.2, -0.15) is 0 Å². The summed E-state index contributed by atoms with van der Waals surface area (Å²) in [6.07, 6.45) is 3.78. The molecule has 1 aliphatic rings. The number of carbonyl (C=O) groups is 1. The second kappa shape index (κ2) is 8.90. The van der Waals surface area contributed by atoms with E-state index in [9.17, 15) is 4.79 Å². The van der Waals surface area contributed by atoms with Crippen molar-refractivity contribution in [2.45, 2.75) is 56.1 Å². The normalized spacial score (nSPS) is 18.1. The lowest BCUT2D eigenvalue weighted by Crippen LogP contribution is -2.33. The number of para-hydroxylation sites is 1. The van der Waals surface area contributed by atoms with Crippen LogP contribution in [0.2, 0.25) is 0 Å². The maximum Gasteiger partial charge on any atom is 0.234 e. The summed E-state index contributed by atoms with van der Waals surface area (Å²) < 4.78 is 8.14. The fourth-order valence-corrected chi connectivity index (χ4v) is 6.49. The molecule has 4 aromatic rings. The molecule has 0 unspecified atom stereocenters. The Morgan fingerprint density at radius 3 is 2.88 bits per heavy atom. The van der Waals surface area contributed by atoms with Gasteiger partial charge in [-0.15, -0.1) is 21.5 Å². The largest absolute Gasteiger partial charge is 0.369 e. The molecule has 1 aliphatic heterocycles. The summed E-state index contributed by atoms with van der Waals surface area (Å²) in [6.45, 7) is 6.91. The number of ether oxygens (including phenoxy) is 1. The number of anilines is 1. The van der Waals surface area contributed by atoms with Crippen LogP contribution in [-0.2, 0) is 22.6 Å². The van der Waals surface area contributed by atoms with Crippen LogP contribution < -0.4 is 5.32 Å². The van der Waals surface area contributed by atoms with Gasteiger partial charge in [0.05, 0.1) is 23.3 Å². The molecule has 1 amide bonds. The quantitative estimate of drug-likeness (QED) is 0.283. The SMILES string of the molecule is CC[C@]1(C)Cc2c(sc3nc(SC)n4c(SCC(=O)Nc5ccccc5C)nnc4c23)CO1. The lowest BCUT2D eigenvalue weighted by atomic mass is 9.90. The molecule has 5 rings (SSSR count). The molecule has 0 fully saturated rings. The minimum absolute atomic E-state index is 0.0745. The molecule has 0 saturated heterocycles. The molecule has 1 N–H and O–H groups in total. The third-order valence-electron chi connectivity index (χ3n) is 6.10. The van der Waals surface area contributed by atoms with Crippen molar-refractivity contribution in [1.29, 1.82) is 0 Å². The Morgan fingerprint density at radius 1 is 1.30 bits per heavy atom. The summed E-state index contributed by atoms with van der Waals surface area (Å²) >= 11 is 4.61. The fourth-order valence-electron chi connectivity index (χ4n) is 4.00. The summed E-state index contributed by atoms with van der Waals surface area (Å²) in [5.41, 5.74) is 3.77. The van der Waals surface area contributed by atoms with Gasteiger partial charge in [0.2, 0.25) is 5.91 Å². The molecular formula is C23H25N5O2S3. The highest BCUT2D eigenvalue weighted by Crippen LogP contribution is 2.42. The van der Waals surface area contributed by atoms with Crippen LogP contribution in [0.4, 0.5) is 5.69 Å². The first-order valence-electron chi connectivity index (χ1n) is 10.8. The van der Waals surface area contributed by atoms with E-state index in [2.05, 4.69) is 29.4 Å². The lowest BCUT2D eigenvalue weighted by molar-refractivity contribution is -0.113. The number of aryl methyl sites for hydroxylation is 1. The molecule has 4 heterocycles.